The number of carbonyl (C=O) groups excluding carboxylic acids is 1. The van der Waals surface area contributed by atoms with E-state index in [4.69, 9.17) is 15.8 Å². The lowest BCUT2D eigenvalue weighted by Gasteiger charge is -2.14. The molecule has 2 aromatic carbocycles. The molecule has 0 radical (unpaired) electrons. The van der Waals surface area contributed by atoms with Crippen molar-refractivity contribution in [2.75, 3.05) is 7.11 Å². The van der Waals surface area contributed by atoms with Crippen molar-refractivity contribution in [3.05, 3.63) is 57.6 Å². The van der Waals surface area contributed by atoms with Crippen LogP contribution >= 0.6 is 11.6 Å². The van der Waals surface area contributed by atoms with Crippen LogP contribution in [0.5, 0.6) is 5.75 Å². The Hall–Kier alpha value is -2.05. The Morgan fingerprint density at radius 2 is 1.67 bits per heavy atom. The van der Waals surface area contributed by atoms with Gasteiger partial charge in [0.15, 0.2) is 0 Å². The van der Waals surface area contributed by atoms with E-state index >= 15 is 0 Å². The van der Waals surface area contributed by atoms with Gasteiger partial charge in [0, 0.05) is 0 Å². The van der Waals surface area contributed by atoms with E-state index in [1.807, 2.05) is 13.0 Å². The van der Waals surface area contributed by atoms with Crippen LogP contribution in [0.4, 0.5) is 0 Å². The molecule has 0 amide bonds. The summed E-state index contributed by atoms with van der Waals surface area (Å²) >= 11 is 5.99. The fourth-order valence-electron chi connectivity index (χ4n) is 2.15. The molecule has 0 aliphatic carbocycles. The third kappa shape index (κ3) is 3.55. The van der Waals surface area contributed by atoms with Crippen LogP contribution in [0.25, 0.3) is 0 Å². The second kappa shape index (κ2) is 6.83. The van der Waals surface area contributed by atoms with E-state index < -0.39 is 16.1 Å². The van der Waals surface area contributed by atoms with Gasteiger partial charge in [-0.2, -0.15) is 8.42 Å². The minimum absolute atomic E-state index is 0.0365. The van der Waals surface area contributed by atoms with E-state index in [2.05, 4.69) is 4.74 Å². The van der Waals surface area contributed by atoms with Gasteiger partial charge in [0.1, 0.15) is 10.6 Å². The molecule has 0 N–H and O–H groups in total. The maximum Gasteiger partial charge on any atom is 0.340 e. The van der Waals surface area contributed by atoms with E-state index in [-0.39, 0.29) is 21.2 Å². The monoisotopic (exact) mass is 368 g/mol. The Labute approximate surface area is 146 Å². The van der Waals surface area contributed by atoms with Gasteiger partial charge in [-0.25, -0.2) is 4.79 Å². The van der Waals surface area contributed by atoms with Crippen LogP contribution in [0, 0.1) is 20.8 Å². The maximum atomic E-state index is 12.6. The van der Waals surface area contributed by atoms with Crippen molar-refractivity contribution < 1.29 is 22.1 Å². The van der Waals surface area contributed by atoms with Gasteiger partial charge >= 0.3 is 16.1 Å². The van der Waals surface area contributed by atoms with Crippen molar-refractivity contribution in [3.8, 4) is 5.75 Å². The molecule has 0 aliphatic rings. The molecular weight excluding hydrogens is 352 g/mol. The fraction of sp³-hybridized carbons (Fsp3) is 0.235. The van der Waals surface area contributed by atoms with E-state index in [1.165, 1.54) is 19.2 Å². The molecule has 24 heavy (non-hydrogen) atoms. The van der Waals surface area contributed by atoms with Crippen LogP contribution in [-0.2, 0) is 14.9 Å². The van der Waals surface area contributed by atoms with E-state index in [1.54, 1.807) is 19.9 Å². The highest BCUT2D eigenvalue weighted by atomic mass is 35.5. The largest absolute Gasteiger partial charge is 0.465 e. The molecule has 0 fully saturated rings. The summed E-state index contributed by atoms with van der Waals surface area (Å²) in [5.74, 6) is -0.402. The quantitative estimate of drug-likeness (QED) is 0.606. The van der Waals surface area contributed by atoms with Gasteiger partial charge in [0.05, 0.1) is 17.7 Å². The minimum atomic E-state index is -4.21. The number of hydrogen-bond acceptors (Lipinski definition) is 5. The van der Waals surface area contributed by atoms with E-state index in [9.17, 15) is 13.2 Å². The molecule has 7 heteroatoms. The third-order valence-corrected chi connectivity index (χ3v) is 5.39. The number of hydrogen-bond donors (Lipinski definition) is 0. The number of carbonyl (C=O) groups is 1. The number of aryl methyl sites for hydroxylation is 2. The van der Waals surface area contributed by atoms with Crippen molar-refractivity contribution in [2.45, 2.75) is 25.7 Å². The fourth-order valence-corrected chi connectivity index (χ4v) is 3.69. The van der Waals surface area contributed by atoms with Gasteiger partial charge in [-0.05, 0) is 55.7 Å². The molecule has 128 valence electrons. The Morgan fingerprint density at radius 1 is 1.04 bits per heavy atom. The first kappa shape index (κ1) is 18.3. The number of methoxy groups -OCH3 is 1. The van der Waals surface area contributed by atoms with Gasteiger partial charge in [0.2, 0.25) is 0 Å². The molecule has 2 aromatic rings. The SMILES string of the molecule is COC(=O)c1ccc(Cl)c(S(=O)(=O)Oc2c(C)ccc(C)c2C)c1. The number of halogens is 1. The van der Waals surface area contributed by atoms with Crippen LogP contribution in [-0.4, -0.2) is 21.5 Å². The predicted molar refractivity (Wildman–Crippen MR) is 91.3 cm³/mol. The van der Waals surface area contributed by atoms with Crippen molar-refractivity contribution in [1.29, 1.82) is 0 Å². The highest BCUT2D eigenvalue weighted by Crippen LogP contribution is 2.31. The van der Waals surface area contributed by atoms with Crippen LogP contribution in [0.2, 0.25) is 5.02 Å². The summed E-state index contributed by atoms with van der Waals surface area (Å²) in [5.41, 5.74) is 2.38. The van der Waals surface area contributed by atoms with Gasteiger partial charge in [-0.3, -0.25) is 0 Å². The van der Waals surface area contributed by atoms with Gasteiger partial charge in [0.25, 0.3) is 0 Å². The van der Waals surface area contributed by atoms with Crippen molar-refractivity contribution >= 4 is 27.7 Å². The normalized spacial score (nSPS) is 11.2. The molecule has 0 bridgehead atoms. The molecular formula is C17H17ClO5S. The molecule has 0 atom stereocenters. The summed E-state index contributed by atoms with van der Waals surface area (Å²) in [4.78, 5) is 11.3. The zero-order chi connectivity index (χ0) is 18.1. The molecule has 0 spiro atoms. The minimum Gasteiger partial charge on any atom is -0.465 e. The summed E-state index contributed by atoms with van der Waals surface area (Å²) < 4.78 is 35.2. The summed E-state index contributed by atoms with van der Waals surface area (Å²) in [6.45, 7) is 5.39. The molecule has 0 saturated carbocycles. The number of esters is 1. The Balaban J connectivity index is 2.53. The van der Waals surface area contributed by atoms with Crippen molar-refractivity contribution in [3.63, 3.8) is 0 Å². The second-order valence-electron chi connectivity index (χ2n) is 5.33. The Kier molecular flexibility index (Phi) is 5.20. The van der Waals surface area contributed by atoms with Crippen molar-refractivity contribution in [2.24, 2.45) is 0 Å². The zero-order valence-electron chi connectivity index (χ0n) is 13.7. The first-order valence-corrected chi connectivity index (χ1v) is 8.85. The average molecular weight is 369 g/mol. The van der Waals surface area contributed by atoms with Crippen LogP contribution in [0.3, 0.4) is 0 Å². The highest BCUT2D eigenvalue weighted by molar-refractivity contribution is 7.87. The van der Waals surface area contributed by atoms with E-state index in [0.717, 1.165) is 17.2 Å². The Bertz CT molecular complexity index is 903. The average Bonchev–Trinajstić information content (AvgIpc) is 2.54. The molecule has 0 aromatic heterocycles. The highest BCUT2D eigenvalue weighted by Gasteiger charge is 2.24. The number of rotatable bonds is 4. The first-order valence-electron chi connectivity index (χ1n) is 7.06. The van der Waals surface area contributed by atoms with E-state index in [0.29, 0.717) is 5.56 Å². The van der Waals surface area contributed by atoms with Crippen LogP contribution in [0.15, 0.2) is 35.2 Å². The zero-order valence-corrected chi connectivity index (χ0v) is 15.3. The summed E-state index contributed by atoms with van der Waals surface area (Å²) in [7, 11) is -3.00. The molecule has 0 heterocycles. The second-order valence-corrected chi connectivity index (χ2v) is 7.25. The lowest BCUT2D eigenvalue weighted by Crippen LogP contribution is -2.13. The van der Waals surface area contributed by atoms with Crippen LogP contribution < -0.4 is 4.18 Å². The summed E-state index contributed by atoms with van der Waals surface area (Å²) in [6, 6.07) is 7.51. The standard InChI is InChI=1S/C17H17ClO5S/c1-10-5-6-11(2)16(12(10)3)23-24(20,21)15-9-13(17(19)22-4)7-8-14(15)18/h5-9H,1-4H3. The number of benzene rings is 2. The summed E-state index contributed by atoms with van der Waals surface area (Å²) in [5, 5.41) is -0.0365. The van der Waals surface area contributed by atoms with Crippen LogP contribution in [0.1, 0.15) is 27.0 Å². The first-order chi connectivity index (χ1) is 11.2. The molecule has 0 unspecified atom stereocenters. The van der Waals surface area contributed by atoms with Crippen molar-refractivity contribution in [1.82, 2.24) is 0 Å². The third-order valence-electron chi connectivity index (χ3n) is 3.69. The topological polar surface area (TPSA) is 69.7 Å². The lowest BCUT2D eigenvalue weighted by atomic mass is 10.1. The van der Waals surface area contributed by atoms with Gasteiger partial charge < -0.3 is 8.92 Å². The summed E-state index contributed by atoms with van der Waals surface area (Å²) in [6.07, 6.45) is 0. The molecule has 0 aliphatic heterocycles. The smallest absolute Gasteiger partial charge is 0.340 e. The molecule has 5 nitrogen and oxygen atoms in total. The Morgan fingerprint density at radius 3 is 2.29 bits per heavy atom. The predicted octanol–water partition coefficient (Wildman–Crippen LogP) is 3.82. The number of ether oxygens (including phenoxy) is 1. The lowest BCUT2D eigenvalue weighted by molar-refractivity contribution is 0.0600. The van der Waals surface area contributed by atoms with Gasteiger partial charge in [-0.1, -0.05) is 23.7 Å². The molecule has 0 saturated heterocycles. The van der Waals surface area contributed by atoms with Gasteiger partial charge in [-0.15, -0.1) is 0 Å². The molecule has 2 rings (SSSR count). The maximum absolute atomic E-state index is 12.6.